The second kappa shape index (κ2) is 10.2. The quantitative estimate of drug-likeness (QED) is 0.511. The zero-order chi connectivity index (χ0) is 18.1. The fourth-order valence-electron chi connectivity index (χ4n) is 3.16. The van der Waals surface area contributed by atoms with E-state index < -0.39 is 0 Å². The molecule has 136 valence electrons. The number of ether oxygens (including phenoxy) is 2. The second-order valence-corrected chi connectivity index (χ2v) is 6.05. The molecule has 0 fully saturated rings. The average molecular weight is 337 g/mol. The minimum Gasteiger partial charge on any atom is -0.463 e. The molecule has 0 aliphatic carbocycles. The van der Waals surface area contributed by atoms with Gasteiger partial charge in [0.2, 0.25) is 0 Å². The smallest absolute Gasteiger partial charge is 0.336 e. The number of carbonyl (C=O) groups excluding carboxylic acids is 2. The molecule has 5 heteroatoms. The Morgan fingerprint density at radius 2 is 1.38 bits per heavy atom. The number of esters is 2. The Labute approximate surface area is 145 Å². The van der Waals surface area contributed by atoms with Gasteiger partial charge in [0.1, 0.15) is 0 Å². The van der Waals surface area contributed by atoms with Crippen LogP contribution in [0.1, 0.15) is 66.7 Å². The van der Waals surface area contributed by atoms with E-state index in [-0.39, 0.29) is 17.9 Å². The summed E-state index contributed by atoms with van der Waals surface area (Å²) in [5.41, 5.74) is 2.64. The predicted molar refractivity (Wildman–Crippen MR) is 94.1 cm³/mol. The van der Waals surface area contributed by atoms with Gasteiger partial charge in [-0.2, -0.15) is 0 Å². The molecule has 0 spiro atoms. The van der Waals surface area contributed by atoms with Crippen LogP contribution in [0, 0.1) is 5.92 Å². The first-order valence-electron chi connectivity index (χ1n) is 9.00. The van der Waals surface area contributed by atoms with Gasteiger partial charge in [0.05, 0.1) is 24.4 Å². The summed E-state index contributed by atoms with van der Waals surface area (Å²) in [6.07, 6.45) is 5.10. The molecule has 0 bridgehead atoms. The molecule has 24 heavy (non-hydrogen) atoms. The molecule has 0 unspecified atom stereocenters. The average Bonchev–Trinajstić information content (AvgIpc) is 2.51. The monoisotopic (exact) mass is 337 g/mol. The highest BCUT2D eigenvalue weighted by Gasteiger charge is 2.36. The van der Waals surface area contributed by atoms with Crippen molar-refractivity contribution in [2.24, 2.45) is 5.92 Å². The normalized spacial score (nSPS) is 15.4. The lowest BCUT2D eigenvalue weighted by molar-refractivity contribution is -0.140. The van der Waals surface area contributed by atoms with Crippen LogP contribution in [0.4, 0.5) is 0 Å². The van der Waals surface area contributed by atoms with Gasteiger partial charge in [-0.1, -0.05) is 32.6 Å². The summed E-state index contributed by atoms with van der Waals surface area (Å²) in [6, 6.07) is 0. The molecule has 1 heterocycles. The lowest BCUT2D eigenvalue weighted by Gasteiger charge is -2.30. The Morgan fingerprint density at radius 1 is 0.875 bits per heavy atom. The number of hydrogen-bond donors (Lipinski definition) is 1. The Kier molecular flexibility index (Phi) is 8.58. The molecule has 0 atom stereocenters. The maximum atomic E-state index is 12.4. The van der Waals surface area contributed by atoms with Gasteiger partial charge in [-0.05, 0) is 34.1 Å². The van der Waals surface area contributed by atoms with E-state index in [0.717, 1.165) is 43.5 Å². The third kappa shape index (κ3) is 5.11. The van der Waals surface area contributed by atoms with Crippen LogP contribution >= 0.6 is 0 Å². The Bertz CT molecular complexity index is 479. The standard InChI is InChI=1S/C19H31NO4/c1-6-9-10-11-12-15-16(18(21)23-7-2)13(4)20-14(5)17(15)19(22)24-8-3/h15,20H,6-12H2,1-5H3. The zero-order valence-corrected chi connectivity index (χ0v) is 15.7. The van der Waals surface area contributed by atoms with E-state index >= 15 is 0 Å². The van der Waals surface area contributed by atoms with Crippen LogP contribution < -0.4 is 5.32 Å². The fourth-order valence-corrected chi connectivity index (χ4v) is 3.16. The molecule has 0 aromatic carbocycles. The van der Waals surface area contributed by atoms with Crippen molar-refractivity contribution in [3.05, 3.63) is 22.5 Å². The second-order valence-electron chi connectivity index (χ2n) is 6.05. The Morgan fingerprint density at radius 3 is 1.79 bits per heavy atom. The fraction of sp³-hybridized carbons (Fsp3) is 0.684. The zero-order valence-electron chi connectivity index (χ0n) is 15.7. The molecule has 0 saturated heterocycles. The van der Waals surface area contributed by atoms with Crippen molar-refractivity contribution >= 4 is 11.9 Å². The number of carbonyl (C=O) groups is 2. The van der Waals surface area contributed by atoms with Crippen LogP contribution in [-0.4, -0.2) is 25.2 Å². The maximum Gasteiger partial charge on any atom is 0.336 e. The van der Waals surface area contributed by atoms with Gasteiger partial charge in [-0.3, -0.25) is 0 Å². The molecule has 1 aliphatic heterocycles. The first kappa shape index (κ1) is 20.3. The van der Waals surface area contributed by atoms with Gasteiger partial charge < -0.3 is 14.8 Å². The lowest BCUT2D eigenvalue weighted by Crippen LogP contribution is -2.33. The van der Waals surface area contributed by atoms with Crippen LogP contribution in [-0.2, 0) is 19.1 Å². The van der Waals surface area contributed by atoms with E-state index in [1.807, 2.05) is 13.8 Å². The highest BCUT2D eigenvalue weighted by atomic mass is 16.5. The maximum absolute atomic E-state index is 12.4. The highest BCUT2D eigenvalue weighted by Crippen LogP contribution is 2.35. The number of unbranched alkanes of at least 4 members (excludes halogenated alkanes) is 3. The van der Waals surface area contributed by atoms with Gasteiger partial charge in [-0.25, -0.2) is 9.59 Å². The Hall–Kier alpha value is -1.78. The van der Waals surface area contributed by atoms with Gasteiger partial charge >= 0.3 is 11.9 Å². The van der Waals surface area contributed by atoms with E-state index in [0.29, 0.717) is 24.4 Å². The molecule has 5 nitrogen and oxygen atoms in total. The highest BCUT2D eigenvalue weighted by molar-refractivity contribution is 5.97. The van der Waals surface area contributed by atoms with Gasteiger partial charge in [-0.15, -0.1) is 0 Å². The van der Waals surface area contributed by atoms with Crippen LogP contribution in [0.3, 0.4) is 0 Å². The third-order valence-electron chi connectivity index (χ3n) is 4.22. The van der Waals surface area contributed by atoms with Crippen molar-refractivity contribution in [2.45, 2.75) is 66.7 Å². The van der Waals surface area contributed by atoms with E-state index in [1.54, 1.807) is 13.8 Å². The first-order valence-corrected chi connectivity index (χ1v) is 9.00. The van der Waals surface area contributed by atoms with Crippen LogP contribution in [0.25, 0.3) is 0 Å². The number of nitrogens with one attached hydrogen (secondary N) is 1. The van der Waals surface area contributed by atoms with Crippen molar-refractivity contribution in [2.75, 3.05) is 13.2 Å². The summed E-state index contributed by atoms with van der Waals surface area (Å²) in [5.74, 6) is -0.962. The van der Waals surface area contributed by atoms with Crippen molar-refractivity contribution in [3.8, 4) is 0 Å². The molecule has 0 radical (unpaired) electrons. The van der Waals surface area contributed by atoms with Crippen molar-refractivity contribution in [1.29, 1.82) is 0 Å². The topological polar surface area (TPSA) is 64.6 Å². The lowest BCUT2D eigenvalue weighted by atomic mass is 9.82. The molecular formula is C19H31NO4. The van der Waals surface area contributed by atoms with Gasteiger partial charge in [0.15, 0.2) is 0 Å². The molecule has 0 aromatic rings. The molecule has 0 amide bonds. The molecule has 1 aliphatic rings. The number of allylic oxidation sites excluding steroid dienone is 2. The third-order valence-corrected chi connectivity index (χ3v) is 4.22. The minimum atomic E-state index is -0.350. The molecule has 1 N–H and O–H groups in total. The van der Waals surface area contributed by atoms with E-state index in [9.17, 15) is 9.59 Å². The van der Waals surface area contributed by atoms with E-state index in [4.69, 9.17) is 9.47 Å². The van der Waals surface area contributed by atoms with E-state index in [2.05, 4.69) is 12.2 Å². The summed E-state index contributed by atoms with van der Waals surface area (Å²) >= 11 is 0. The summed E-state index contributed by atoms with van der Waals surface area (Å²) in [6.45, 7) is 10.1. The molecule has 0 saturated carbocycles. The first-order chi connectivity index (χ1) is 11.5. The predicted octanol–water partition coefficient (Wildman–Crippen LogP) is 3.85. The van der Waals surface area contributed by atoms with Gasteiger partial charge in [0.25, 0.3) is 0 Å². The van der Waals surface area contributed by atoms with Crippen molar-refractivity contribution in [3.63, 3.8) is 0 Å². The Balaban J connectivity index is 3.12. The van der Waals surface area contributed by atoms with Crippen LogP contribution in [0.15, 0.2) is 22.5 Å². The largest absolute Gasteiger partial charge is 0.463 e. The van der Waals surface area contributed by atoms with Gasteiger partial charge in [0, 0.05) is 17.3 Å². The molecule has 1 rings (SSSR count). The molecular weight excluding hydrogens is 306 g/mol. The summed E-state index contributed by atoms with van der Waals surface area (Å²) < 4.78 is 10.4. The minimum absolute atomic E-state index is 0.263. The summed E-state index contributed by atoms with van der Waals surface area (Å²) in [4.78, 5) is 24.9. The molecule has 0 aromatic heterocycles. The number of dihydropyridines is 1. The van der Waals surface area contributed by atoms with Crippen molar-refractivity contribution < 1.29 is 19.1 Å². The van der Waals surface area contributed by atoms with Crippen LogP contribution in [0.5, 0.6) is 0 Å². The van der Waals surface area contributed by atoms with Crippen LogP contribution in [0.2, 0.25) is 0 Å². The summed E-state index contributed by atoms with van der Waals surface area (Å²) in [5, 5.41) is 3.15. The van der Waals surface area contributed by atoms with E-state index in [1.165, 1.54) is 0 Å². The number of rotatable bonds is 9. The SMILES string of the molecule is CCCCCCC1C(C(=O)OCC)=C(C)NC(C)=C1C(=O)OCC. The number of hydrogen-bond acceptors (Lipinski definition) is 5. The van der Waals surface area contributed by atoms with Crippen molar-refractivity contribution in [1.82, 2.24) is 5.32 Å². The summed E-state index contributed by atoms with van der Waals surface area (Å²) in [7, 11) is 0.